The molecule has 0 aromatic carbocycles. The Labute approximate surface area is 104 Å². The monoisotopic (exact) mass is 248 g/mol. The summed E-state index contributed by atoms with van der Waals surface area (Å²) in [7, 11) is 0. The second-order valence-corrected chi connectivity index (χ2v) is 4.84. The van der Waals surface area contributed by atoms with Crippen LogP contribution in [-0.2, 0) is 6.54 Å². The zero-order valence-corrected chi connectivity index (χ0v) is 10.0. The van der Waals surface area contributed by atoms with Gasteiger partial charge in [-0.25, -0.2) is 14.6 Å². The molecule has 3 rings (SSSR count). The lowest BCUT2D eigenvalue weighted by Crippen LogP contribution is -2.19. The molecular weight excluding hydrogens is 232 g/mol. The molecule has 0 bridgehead atoms. The molecular formula is C11H16N6O. The average Bonchev–Trinajstić information content (AvgIpc) is 2.98. The minimum absolute atomic E-state index is 0.244. The first-order chi connectivity index (χ1) is 8.79. The number of nitrogens with zero attached hydrogens (tertiary/aromatic N) is 5. The van der Waals surface area contributed by atoms with Crippen LogP contribution < -0.4 is 5.73 Å². The maximum Gasteiger partial charge on any atom is 0.183 e. The number of hydrogen-bond acceptors (Lipinski definition) is 6. The Morgan fingerprint density at radius 3 is 3.00 bits per heavy atom. The van der Waals surface area contributed by atoms with Crippen LogP contribution in [0.1, 0.15) is 19.3 Å². The molecule has 0 radical (unpaired) electrons. The van der Waals surface area contributed by atoms with Gasteiger partial charge in [0, 0.05) is 13.2 Å². The van der Waals surface area contributed by atoms with E-state index in [9.17, 15) is 5.11 Å². The molecule has 0 saturated heterocycles. The Hall–Kier alpha value is -1.76. The van der Waals surface area contributed by atoms with Crippen LogP contribution in [0.3, 0.4) is 0 Å². The van der Waals surface area contributed by atoms with Gasteiger partial charge in [-0.2, -0.15) is 0 Å². The van der Waals surface area contributed by atoms with Crippen LogP contribution in [0.25, 0.3) is 11.2 Å². The van der Waals surface area contributed by atoms with Crippen LogP contribution >= 0.6 is 0 Å². The summed E-state index contributed by atoms with van der Waals surface area (Å²) < 4.78 is 1.77. The van der Waals surface area contributed by atoms with Gasteiger partial charge in [0.1, 0.15) is 6.33 Å². The van der Waals surface area contributed by atoms with E-state index in [1.807, 2.05) is 0 Å². The van der Waals surface area contributed by atoms with Gasteiger partial charge < -0.3 is 10.8 Å². The van der Waals surface area contributed by atoms with Crippen LogP contribution in [0.4, 0.5) is 5.82 Å². The fourth-order valence-electron chi connectivity index (χ4n) is 2.75. The van der Waals surface area contributed by atoms with Crippen LogP contribution in [-0.4, -0.2) is 36.7 Å². The highest BCUT2D eigenvalue weighted by Gasteiger charge is 2.27. The number of hydrogen-bond donors (Lipinski definition) is 2. The molecule has 18 heavy (non-hydrogen) atoms. The van der Waals surface area contributed by atoms with E-state index in [2.05, 4.69) is 20.3 Å². The lowest BCUT2D eigenvalue weighted by molar-refractivity contribution is 0.182. The van der Waals surface area contributed by atoms with E-state index in [0.717, 1.165) is 19.4 Å². The molecule has 1 aliphatic carbocycles. The first-order valence-electron chi connectivity index (χ1n) is 6.20. The molecule has 96 valence electrons. The van der Waals surface area contributed by atoms with Crippen molar-refractivity contribution >= 4 is 17.0 Å². The Bertz CT molecular complexity index is 553. The number of aliphatic hydroxyl groups is 1. The third-order valence-corrected chi connectivity index (χ3v) is 3.79. The van der Waals surface area contributed by atoms with Crippen molar-refractivity contribution in [3.05, 3.63) is 6.33 Å². The van der Waals surface area contributed by atoms with Gasteiger partial charge in [-0.3, -0.25) is 0 Å². The number of nitrogens with two attached hydrogens (primary N) is 1. The van der Waals surface area contributed by atoms with Gasteiger partial charge in [0.05, 0.1) is 0 Å². The molecule has 0 spiro atoms. The van der Waals surface area contributed by atoms with E-state index in [1.165, 1.54) is 12.7 Å². The summed E-state index contributed by atoms with van der Waals surface area (Å²) >= 11 is 0. The van der Waals surface area contributed by atoms with Crippen molar-refractivity contribution in [2.75, 3.05) is 12.3 Å². The van der Waals surface area contributed by atoms with Crippen molar-refractivity contribution in [2.24, 2.45) is 11.8 Å². The summed E-state index contributed by atoms with van der Waals surface area (Å²) in [6, 6.07) is 0. The second-order valence-electron chi connectivity index (χ2n) is 4.84. The van der Waals surface area contributed by atoms with Crippen LogP contribution in [0.2, 0.25) is 0 Å². The number of aromatic nitrogens is 5. The van der Waals surface area contributed by atoms with Crippen molar-refractivity contribution in [1.29, 1.82) is 0 Å². The molecule has 7 heteroatoms. The summed E-state index contributed by atoms with van der Waals surface area (Å²) in [5.74, 6) is 1.16. The Morgan fingerprint density at radius 2 is 2.17 bits per heavy atom. The van der Waals surface area contributed by atoms with Crippen LogP contribution in [0.5, 0.6) is 0 Å². The maximum absolute atomic E-state index is 9.33. The SMILES string of the molecule is Nc1ncnc2c1nnn2C[C@@H]1CCC[C@H]1CO. The Morgan fingerprint density at radius 1 is 1.33 bits per heavy atom. The third-order valence-electron chi connectivity index (χ3n) is 3.79. The normalized spacial score (nSPS) is 23.8. The molecule has 0 aliphatic heterocycles. The fourth-order valence-corrected chi connectivity index (χ4v) is 2.75. The number of anilines is 1. The van der Waals surface area contributed by atoms with Gasteiger partial charge >= 0.3 is 0 Å². The van der Waals surface area contributed by atoms with E-state index in [-0.39, 0.29) is 6.61 Å². The van der Waals surface area contributed by atoms with Crippen molar-refractivity contribution in [3.8, 4) is 0 Å². The molecule has 0 unspecified atom stereocenters. The molecule has 2 aromatic rings. The number of fused-ring (bicyclic) bond motifs is 1. The highest BCUT2D eigenvalue weighted by Crippen LogP contribution is 2.32. The fraction of sp³-hybridized carbons (Fsp3) is 0.636. The van der Waals surface area contributed by atoms with Crippen molar-refractivity contribution in [1.82, 2.24) is 25.0 Å². The van der Waals surface area contributed by atoms with E-state index in [0.29, 0.717) is 28.8 Å². The van der Waals surface area contributed by atoms with Gasteiger partial charge in [0.15, 0.2) is 17.0 Å². The quantitative estimate of drug-likeness (QED) is 0.805. The lowest BCUT2D eigenvalue weighted by Gasteiger charge is -2.16. The van der Waals surface area contributed by atoms with E-state index < -0.39 is 0 Å². The third kappa shape index (κ3) is 1.80. The van der Waals surface area contributed by atoms with E-state index in [1.54, 1.807) is 4.68 Å². The maximum atomic E-state index is 9.33. The highest BCUT2D eigenvalue weighted by molar-refractivity contribution is 5.80. The van der Waals surface area contributed by atoms with E-state index >= 15 is 0 Å². The van der Waals surface area contributed by atoms with Crippen molar-refractivity contribution in [3.63, 3.8) is 0 Å². The lowest BCUT2D eigenvalue weighted by atomic mass is 9.97. The summed E-state index contributed by atoms with van der Waals surface area (Å²) in [6.07, 6.45) is 4.80. The van der Waals surface area contributed by atoms with Gasteiger partial charge in [-0.1, -0.05) is 11.6 Å². The summed E-state index contributed by atoms with van der Waals surface area (Å²) in [4.78, 5) is 8.07. The second kappa shape index (κ2) is 4.49. The zero-order chi connectivity index (χ0) is 12.5. The van der Waals surface area contributed by atoms with Crippen molar-refractivity contribution in [2.45, 2.75) is 25.8 Å². The molecule has 2 heterocycles. The number of aliphatic hydroxyl groups excluding tert-OH is 1. The predicted octanol–water partition coefficient (Wildman–Crippen LogP) is 0.212. The summed E-state index contributed by atoms with van der Waals surface area (Å²) in [5.41, 5.74) is 6.95. The van der Waals surface area contributed by atoms with Gasteiger partial charge in [-0.15, -0.1) is 5.10 Å². The molecule has 1 aliphatic rings. The van der Waals surface area contributed by atoms with Gasteiger partial charge in [0.25, 0.3) is 0 Å². The van der Waals surface area contributed by atoms with Crippen LogP contribution in [0.15, 0.2) is 6.33 Å². The standard InChI is InChI=1S/C11H16N6O/c12-10-9-11(14-6-13-10)17(16-15-9)4-7-2-1-3-8(7)5-18/h6-8,18H,1-5H2,(H2,12,13,14)/t7-,8-/m0/s1. The first-order valence-corrected chi connectivity index (χ1v) is 6.20. The minimum atomic E-state index is 0.244. The predicted molar refractivity (Wildman–Crippen MR) is 65.4 cm³/mol. The largest absolute Gasteiger partial charge is 0.396 e. The molecule has 0 amide bonds. The number of nitrogen functional groups attached to an aromatic ring is 1. The van der Waals surface area contributed by atoms with Crippen LogP contribution in [0, 0.1) is 11.8 Å². The zero-order valence-electron chi connectivity index (χ0n) is 10.0. The van der Waals surface area contributed by atoms with Crippen molar-refractivity contribution < 1.29 is 5.11 Å². The highest BCUT2D eigenvalue weighted by atomic mass is 16.3. The smallest absolute Gasteiger partial charge is 0.183 e. The molecule has 3 N–H and O–H groups in total. The first kappa shape index (κ1) is 11.3. The van der Waals surface area contributed by atoms with E-state index in [4.69, 9.17) is 5.73 Å². The molecule has 1 fully saturated rings. The number of rotatable bonds is 3. The molecule has 7 nitrogen and oxygen atoms in total. The molecule has 1 saturated carbocycles. The topological polar surface area (TPSA) is 103 Å². The average molecular weight is 248 g/mol. The van der Waals surface area contributed by atoms with Gasteiger partial charge in [0.2, 0.25) is 0 Å². The Kier molecular flexibility index (Phi) is 2.83. The summed E-state index contributed by atoms with van der Waals surface area (Å²) in [6.45, 7) is 0.979. The molecule has 2 atom stereocenters. The summed E-state index contributed by atoms with van der Waals surface area (Å²) in [5, 5.41) is 17.4. The molecule has 2 aromatic heterocycles. The Balaban J connectivity index is 1.89. The minimum Gasteiger partial charge on any atom is -0.396 e. The van der Waals surface area contributed by atoms with Gasteiger partial charge in [-0.05, 0) is 24.7 Å².